The molecule has 94 valence electrons. The van der Waals surface area contributed by atoms with Crippen LogP contribution in [0.15, 0.2) is 60.8 Å². The highest BCUT2D eigenvalue weighted by Crippen LogP contribution is 2.19. The molecule has 1 aromatic heterocycles. The van der Waals surface area contributed by atoms with Crippen LogP contribution >= 0.6 is 0 Å². The predicted molar refractivity (Wildman–Crippen MR) is 75.6 cm³/mol. The first-order chi connectivity index (χ1) is 9.34. The summed E-state index contributed by atoms with van der Waals surface area (Å²) in [7, 11) is 0. The number of nitrogens with zero attached hydrogens (tertiary/aromatic N) is 1. The molecule has 3 aromatic rings. The first-order valence-corrected chi connectivity index (χ1v) is 6.40. The van der Waals surface area contributed by atoms with E-state index in [0.717, 1.165) is 11.8 Å². The highest BCUT2D eigenvalue weighted by molar-refractivity contribution is 5.82. The number of fused-ring (bicyclic) bond motifs is 1. The fourth-order valence-electron chi connectivity index (χ4n) is 2.25. The van der Waals surface area contributed by atoms with Crippen LogP contribution in [0, 0.1) is 5.82 Å². The van der Waals surface area contributed by atoms with E-state index < -0.39 is 0 Å². The van der Waals surface area contributed by atoms with E-state index in [1.54, 1.807) is 12.3 Å². The predicted octanol–water partition coefficient (Wildman–Crippen LogP) is 4.16. The van der Waals surface area contributed by atoms with Crippen LogP contribution in [0.2, 0.25) is 0 Å². The molecule has 0 spiro atoms. The molecule has 0 radical (unpaired) electrons. The largest absolute Gasteiger partial charge is 0.258 e. The highest BCUT2D eigenvalue weighted by atomic mass is 19.1. The van der Waals surface area contributed by atoms with Crippen molar-refractivity contribution in [3.63, 3.8) is 0 Å². The molecule has 3 rings (SSSR count). The van der Waals surface area contributed by atoms with Crippen LogP contribution in [-0.4, -0.2) is 4.98 Å². The van der Waals surface area contributed by atoms with Crippen LogP contribution in [0.25, 0.3) is 10.8 Å². The molecule has 0 atom stereocenters. The molecular weight excluding hydrogens is 237 g/mol. The van der Waals surface area contributed by atoms with E-state index >= 15 is 0 Å². The van der Waals surface area contributed by atoms with Crippen molar-refractivity contribution < 1.29 is 4.39 Å². The van der Waals surface area contributed by atoms with E-state index in [4.69, 9.17) is 0 Å². The number of aryl methyl sites for hydroxylation is 2. The summed E-state index contributed by atoms with van der Waals surface area (Å²) in [5, 5.41) is 1.50. The molecule has 0 N–H and O–H groups in total. The van der Waals surface area contributed by atoms with Crippen molar-refractivity contribution in [2.24, 2.45) is 0 Å². The minimum absolute atomic E-state index is 0.186. The molecule has 0 aliphatic heterocycles. The SMILES string of the molecule is Fc1c(CCc2ccccc2)ncc2ccccc12. The fourth-order valence-corrected chi connectivity index (χ4v) is 2.25. The van der Waals surface area contributed by atoms with Gasteiger partial charge in [-0.15, -0.1) is 0 Å². The Bertz CT molecular complexity index is 692. The molecule has 0 bridgehead atoms. The monoisotopic (exact) mass is 251 g/mol. The van der Waals surface area contributed by atoms with Gasteiger partial charge < -0.3 is 0 Å². The Labute approximate surface area is 111 Å². The third kappa shape index (κ3) is 2.48. The number of rotatable bonds is 3. The third-order valence-corrected chi connectivity index (χ3v) is 3.30. The van der Waals surface area contributed by atoms with Crippen molar-refractivity contribution in [1.82, 2.24) is 4.98 Å². The Hall–Kier alpha value is -2.22. The van der Waals surface area contributed by atoms with Crippen LogP contribution in [0.1, 0.15) is 11.3 Å². The van der Waals surface area contributed by atoms with E-state index in [9.17, 15) is 4.39 Å². The Morgan fingerprint density at radius 3 is 2.42 bits per heavy atom. The van der Waals surface area contributed by atoms with E-state index in [1.807, 2.05) is 36.4 Å². The first-order valence-electron chi connectivity index (χ1n) is 6.40. The topological polar surface area (TPSA) is 12.9 Å². The average Bonchev–Trinajstić information content (AvgIpc) is 2.48. The Kier molecular flexibility index (Phi) is 3.23. The minimum Gasteiger partial charge on any atom is -0.258 e. The summed E-state index contributed by atoms with van der Waals surface area (Å²) in [6.45, 7) is 0. The Morgan fingerprint density at radius 1 is 0.842 bits per heavy atom. The number of hydrogen-bond acceptors (Lipinski definition) is 1. The number of pyridine rings is 1. The summed E-state index contributed by atoms with van der Waals surface area (Å²) in [5.41, 5.74) is 1.75. The summed E-state index contributed by atoms with van der Waals surface area (Å²) in [6, 6.07) is 17.5. The molecule has 19 heavy (non-hydrogen) atoms. The first kappa shape index (κ1) is 11.8. The minimum atomic E-state index is -0.186. The zero-order valence-electron chi connectivity index (χ0n) is 10.5. The van der Waals surface area contributed by atoms with Gasteiger partial charge in [-0.3, -0.25) is 4.98 Å². The van der Waals surface area contributed by atoms with Gasteiger partial charge in [0.25, 0.3) is 0 Å². The van der Waals surface area contributed by atoms with Gasteiger partial charge in [0.2, 0.25) is 0 Å². The van der Waals surface area contributed by atoms with Crippen LogP contribution in [0.5, 0.6) is 0 Å². The van der Waals surface area contributed by atoms with Gasteiger partial charge in [0.15, 0.2) is 5.82 Å². The van der Waals surface area contributed by atoms with Gasteiger partial charge in [-0.1, -0.05) is 54.6 Å². The van der Waals surface area contributed by atoms with Crippen molar-refractivity contribution >= 4 is 10.8 Å². The van der Waals surface area contributed by atoms with Gasteiger partial charge in [0.05, 0.1) is 5.69 Å². The zero-order valence-corrected chi connectivity index (χ0v) is 10.5. The van der Waals surface area contributed by atoms with E-state index in [2.05, 4.69) is 17.1 Å². The molecule has 0 aliphatic carbocycles. The Morgan fingerprint density at radius 2 is 1.58 bits per heavy atom. The van der Waals surface area contributed by atoms with Gasteiger partial charge in [-0.05, 0) is 18.4 Å². The second-order valence-corrected chi connectivity index (χ2v) is 4.59. The Balaban J connectivity index is 1.87. The highest BCUT2D eigenvalue weighted by Gasteiger charge is 2.08. The maximum atomic E-state index is 14.3. The molecule has 0 amide bonds. The smallest absolute Gasteiger partial charge is 0.152 e. The molecule has 1 nitrogen and oxygen atoms in total. The molecular formula is C17H14FN. The second kappa shape index (κ2) is 5.19. The quantitative estimate of drug-likeness (QED) is 0.681. The number of aromatic nitrogens is 1. The molecule has 0 unspecified atom stereocenters. The number of benzene rings is 2. The van der Waals surface area contributed by atoms with Crippen LogP contribution in [-0.2, 0) is 12.8 Å². The third-order valence-electron chi connectivity index (χ3n) is 3.30. The van der Waals surface area contributed by atoms with E-state index in [-0.39, 0.29) is 5.82 Å². The number of halogens is 1. The lowest BCUT2D eigenvalue weighted by Crippen LogP contribution is -1.99. The van der Waals surface area contributed by atoms with E-state index in [1.165, 1.54) is 5.56 Å². The van der Waals surface area contributed by atoms with Crippen LogP contribution in [0.3, 0.4) is 0 Å². The van der Waals surface area contributed by atoms with Crippen molar-refractivity contribution in [2.75, 3.05) is 0 Å². The molecule has 0 saturated carbocycles. The zero-order chi connectivity index (χ0) is 13.1. The molecule has 2 aromatic carbocycles. The van der Waals surface area contributed by atoms with E-state index in [0.29, 0.717) is 17.5 Å². The second-order valence-electron chi connectivity index (χ2n) is 4.59. The number of hydrogen-bond donors (Lipinski definition) is 0. The standard InChI is InChI=1S/C17H14FN/c18-17-15-9-5-4-8-14(15)12-19-16(17)11-10-13-6-2-1-3-7-13/h1-9,12H,10-11H2. The summed E-state index contributed by atoms with van der Waals surface area (Å²) < 4.78 is 14.3. The maximum Gasteiger partial charge on any atom is 0.152 e. The van der Waals surface area contributed by atoms with Gasteiger partial charge in [-0.2, -0.15) is 0 Å². The molecule has 0 fully saturated rings. The lowest BCUT2D eigenvalue weighted by atomic mass is 10.1. The fraction of sp³-hybridized carbons (Fsp3) is 0.118. The summed E-state index contributed by atoms with van der Waals surface area (Å²) in [4.78, 5) is 4.25. The van der Waals surface area contributed by atoms with Crippen molar-refractivity contribution in [2.45, 2.75) is 12.8 Å². The molecule has 2 heteroatoms. The molecule has 0 saturated heterocycles. The van der Waals surface area contributed by atoms with Crippen LogP contribution < -0.4 is 0 Å². The van der Waals surface area contributed by atoms with Gasteiger partial charge in [0, 0.05) is 17.0 Å². The normalized spacial score (nSPS) is 10.8. The maximum absolute atomic E-state index is 14.3. The average molecular weight is 251 g/mol. The molecule has 1 heterocycles. The van der Waals surface area contributed by atoms with Crippen molar-refractivity contribution in [3.05, 3.63) is 77.9 Å². The summed E-state index contributed by atoms with van der Waals surface area (Å²) >= 11 is 0. The lowest BCUT2D eigenvalue weighted by Gasteiger charge is -2.05. The van der Waals surface area contributed by atoms with Gasteiger partial charge >= 0.3 is 0 Å². The lowest BCUT2D eigenvalue weighted by molar-refractivity contribution is 0.610. The van der Waals surface area contributed by atoms with Gasteiger partial charge in [-0.25, -0.2) is 4.39 Å². The van der Waals surface area contributed by atoms with Crippen LogP contribution in [0.4, 0.5) is 4.39 Å². The van der Waals surface area contributed by atoms with Gasteiger partial charge in [0.1, 0.15) is 0 Å². The van der Waals surface area contributed by atoms with Crippen molar-refractivity contribution in [3.8, 4) is 0 Å². The summed E-state index contributed by atoms with van der Waals surface area (Å²) in [6.07, 6.45) is 3.18. The summed E-state index contributed by atoms with van der Waals surface area (Å²) in [5.74, 6) is -0.186. The molecule has 0 aliphatic rings. The van der Waals surface area contributed by atoms with Crippen molar-refractivity contribution in [1.29, 1.82) is 0 Å².